The Balaban J connectivity index is 1.66. The summed E-state index contributed by atoms with van der Waals surface area (Å²) in [6.07, 6.45) is 9.97. The second-order valence-electron chi connectivity index (χ2n) is 8.66. The molecule has 0 spiro atoms. The Hall–Kier alpha value is -2.08. The molecule has 5 nitrogen and oxygen atoms in total. The van der Waals surface area contributed by atoms with Crippen LogP contribution in [0.15, 0.2) is 55.3 Å². The van der Waals surface area contributed by atoms with Gasteiger partial charge in [0, 0.05) is 38.1 Å². The van der Waals surface area contributed by atoms with E-state index in [0.29, 0.717) is 19.8 Å². The van der Waals surface area contributed by atoms with Gasteiger partial charge in [-0.05, 0) is 48.6 Å². The maximum absolute atomic E-state index is 10.5. The number of nitrogens with zero attached hydrogens (tertiary/aromatic N) is 2. The van der Waals surface area contributed by atoms with Gasteiger partial charge >= 0.3 is 0 Å². The van der Waals surface area contributed by atoms with Crippen molar-refractivity contribution in [1.29, 1.82) is 0 Å². The highest BCUT2D eigenvalue weighted by Crippen LogP contribution is 2.25. The van der Waals surface area contributed by atoms with Crippen LogP contribution in [0.1, 0.15) is 43.4 Å². The molecule has 0 saturated heterocycles. The van der Waals surface area contributed by atoms with Crippen molar-refractivity contribution < 1.29 is 14.6 Å². The first-order valence-electron chi connectivity index (χ1n) is 11.5. The summed E-state index contributed by atoms with van der Waals surface area (Å²) in [5.41, 5.74) is 2.48. The maximum atomic E-state index is 10.5. The van der Waals surface area contributed by atoms with Crippen LogP contribution >= 0.6 is 0 Å². The van der Waals surface area contributed by atoms with Crippen molar-refractivity contribution in [3.05, 3.63) is 66.5 Å². The van der Waals surface area contributed by atoms with Gasteiger partial charge in [-0.1, -0.05) is 37.5 Å². The van der Waals surface area contributed by atoms with Crippen molar-refractivity contribution in [2.45, 2.75) is 51.3 Å². The van der Waals surface area contributed by atoms with Crippen molar-refractivity contribution in [2.24, 2.45) is 5.92 Å². The largest absolute Gasteiger partial charge is 0.497 e. The third kappa shape index (κ3) is 7.84. The molecule has 0 radical (unpaired) electrons. The van der Waals surface area contributed by atoms with Gasteiger partial charge in [0.25, 0.3) is 0 Å². The molecule has 1 aliphatic carbocycles. The van der Waals surface area contributed by atoms with Gasteiger partial charge < -0.3 is 19.1 Å². The normalized spacial score (nSPS) is 15.8. The van der Waals surface area contributed by atoms with Gasteiger partial charge in [0.15, 0.2) is 0 Å². The van der Waals surface area contributed by atoms with Crippen LogP contribution in [0.4, 0.5) is 0 Å². The van der Waals surface area contributed by atoms with Crippen LogP contribution < -0.4 is 4.74 Å². The zero-order chi connectivity index (χ0) is 21.9. The minimum Gasteiger partial charge on any atom is -0.497 e. The summed E-state index contributed by atoms with van der Waals surface area (Å²) in [5, 5.41) is 10.5. The number of benzene rings is 1. The molecule has 1 fully saturated rings. The van der Waals surface area contributed by atoms with Crippen LogP contribution in [0, 0.1) is 5.92 Å². The predicted octanol–water partition coefficient (Wildman–Crippen LogP) is 4.49. The van der Waals surface area contributed by atoms with E-state index in [2.05, 4.69) is 46.5 Å². The molecule has 0 amide bonds. The number of hydrogen-bond donors (Lipinski definition) is 1. The summed E-state index contributed by atoms with van der Waals surface area (Å²) in [7, 11) is 1.70. The number of ether oxygens (including phenoxy) is 2. The first-order chi connectivity index (χ1) is 15.2. The average Bonchev–Trinajstić information content (AvgIpc) is 3.21. The molecule has 1 heterocycles. The molecule has 1 atom stereocenters. The lowest BCUT2D eigenvalue weighted by Gasteiger charge is -2.31. The Labute approximate surface area is 187 Å². The molecular formula is C26H38N2O3. The Morgan fingerprint density at radius 1 is 1.23 bits per heavy atom. The van der Waals surface area contributed by atoms with Gasteiger partial charge in [-0.2, -0.15) is 0 Å². The fourth-order valence-corrected chi connectivity index (χ4v) is 4.52. The molecular weight excluding hydrogens is 388 g/mol. The summed E-state index contributed by atoms with van der Waals surface area (Å²) in [5.74, 6) is 1.60. The van der Waals surface area contributed by atoms with Crippen molar-refractivity contribution in [3.63, 3.8) is 0 Å². The Morgan fingerprint density at radius 2 is 2.06 bits per heavy atom. The Morgan fingerprint density at radius 3 is 2.84 bits per heavy atom. The van der Waals surface area contributed by atoms with Crippen LogP contribution in [-0.4, -0.2) is 54.1 Å². The third-order valence-corrected chi connectivity index (χ3v) is 6.05. The fourth-order valence-electron chi connectivity index (χ4n) is 4.52. The van der Waals surface area contributed by atoms with E-state index in [0.717, 1.165) is 31.3 Å². The van der Waals surface area contributed by atoms with E-state index in [1.807, 2.05) is 12.1 Å². The number of aliphatic hydroxyl groups is 1. The maximum Gasteiger partial charge on any atom is 0.119 e. The van der Waals surface area contributed by atoms with Crippen molar-refractivity contribution in [1.82, 2.24) is 9.47 Å². The SMILES string of the molecule is C=CCOCC(O)CN(Cc1cccn1Cc1cccc(OC)c1)CC1CCCCC1. The summed E-state index contributed by atoms with van der Waals surface area (Å²) < 4.78 is 13.2. The van der Waals surface area contributed by atoms with Crippen LogP contribution in [0.2, 0.25) is 0 Å². The quantitative estimate of drug-likeness (QED) is 0.379. The zero-order valence-corrected chi connectivity index (χ0v) is 18.9. The standard InChI is InChI=1S/C26H38N2O3/c1-3-15-31-21-25(29)20-27(17-22-9-5-4-6-10-22)19-24-12-8-14-28(24)18-23-11-7-13-26(16-23)30-2/h3,7-8,11-14,16,22,25,29H,1,4-6,9-10,15,17-21H2,2H3. The zero-order valence-electron chi connectivity index (χ0n) is 18.9. The number of aliphatic hydroxyl groups excluding tert-OH is 1. The molecule has 1 aliphatic rings. The summed E-state index contributed by atoms with van der Waals surface area (Å²) >= 11 is 0. The van der Waals surface area contributed by atoms with Gasteiger partial charge in [0.2, 0.25) is 0 Å². The molecule has 1 unspecified atom stereocenters. The highest BCUT2D eigenvalue weighted by molar-refractivity contribution is 5.29. The summed E-state index contributed by atoms with van der Waals surface area (Å²) in [4.78, 5) is 2.41. The smallest absolute Gasteiger partial charge is 0.119 e. The lowest BCUT2D eigenvalue weighted by molar-refractivity contribution is 0.0195. The Kier molecular flexibility index (Phi) is 9.66. The fraction of sp³-hybridized carbons (Fsp3) is 0.538. The van der Waals surface area contributed by atoms with E-state index in [1.165, 1.54) is 43.4 Å². The third-order valence-electron chi connectivity index (χ3n) is 6.05. The predicted molar refractivity (Wildman–Crippen MR) is 125 cm³/mol. The first-order valence-corrected chi connectivity index (χ1v) is 11.5. The molecule has 170 valence electrons. The molecule has 0 bridgehead atoms. The topological polar surface area (TPSA) is 46.9 Å². The first kappa shape index (κ1) is 23.6. The van der Waals surface area contributed by atoms with Crippen molar-refractivity contribution in [2.75, 3.05) is 33.4 Å². The van der Waals surface area contributed by atoms with Crippen LogP contribution in [0.25, 0.3) is 0 Å². The molecule has 1 N–H and O–H groups in total. The van der Waals surface area contributed by atoms with E-state index < -0.39 is 6.10 Å². The molecule has 1 aromatic carbocycles. The molecule has 2 aromatic rings. The average molecular weight is 427 g/mol. The van der Waals surface area contributed by atoms with E-state index in [-0.39, 0.29) is 0 Å². The molecule has 0 aliphatic heterocycles. The molecule has 31 heavy (non-hydrogen) atoms. The van der Waals surface area contributed by atoms with Gasteiger partial charge in [0.05, 0.1) is 26.4 Å². The summed E-state index contributed by atoms with van der Waals surface area (Å²) in [6.45, 7) is 7.78. The van der Waals surface area contributed by atoms with Crippen molar-refractivity contribution >= 4 is 0 Å². The molecule has 5 heteroatoms. The van der Waals surface area contributed by atoms with E-state index in [1.54, 1.807) is 13.2 Å². The van der Waals surface area contributed by atoms with Gasteiger partial charge in [-0.15, -0.1) is 6.58 Å². The van der Waals surface area contributed by atoms with Gasteiger partial charge in [-0.3, -0.25) is 4.90 Å². The van der Waals surface area contributed by atoms with Crippen LogP contribution in [0.3, 0.4) is 0 Å². The number of rotatable bonds is 13. The van der Waals surface area contributed by atoms with Gasteiger partial charge in [-0.25, -0.2) is 0 Å². The number of aromatic nitrogens is 1. The minimum atomic E-state index is -0.495. The van der Waals surface area contributed by atoms with Crippen molar-refractivity contribution in [3.8, 4) is 5.75 Å². The highest BCUT2D eigenvalue weighted by Gasteiger charge is 2.20. The minimum absolute atomic E-state index is 0.345. The monoisotopic (exact) mass is 426 g/mol. The van der Waals surface area contributed by atoms with Gasteiger partial charge in [0.1, 0.15) is 5.75 Å². The van der Waals surface area contributed by atoms with Crippen LogP contribution in [-0.2, 0) is 17.8 Å². The van der Waals surface area contributed by atoms with E-state index in [4.69, 9.17) is 9.47 Å². The second-order valence-corrected chi connectivity index (χ2v) is 8.66. The highest BCUT2D eigenvalue weighted by atomic mass is 16.5. The number of hydrogen-bond acceptors (Lipinski definition) is 4. The number of methoxy groups -OCH3 is 1. The molecule has 1 saturated carbocycles. The van der Waals surface area contributed by atoms with E-state index in [9.17, 15) is 5.11 Å². The van der Waals surface area contributed by atoms with E-state index >= 15 is 0 Å². The van der Waals surface area contributed by atoms with Crippen LogP contribution in [0.5, 0.6) is 5.75 Å². The lowest BCUT2D eigenvalue weighted by Crippen LogP contribution is -2.38. The molecule has 3 rings (SSSR count). The second kappa shape index (κ2) is 12.7. The summed E-state index contributed by atoms with van der Waals surface area (Å²) in [6, 6.07) is 12.5. The lowest BCUT2D eigenvalue weighted by atomic mass is 9.89. The Bertz CT molecular complexity index is 782. The molecule has 1 aromatic heterocycles.